The Hall–Kier alpha value is -0.903. The van der Waals surface area contributed by atoms with Crippen LogP contribution in [-0.2, 0) is 15.6 Å². The fourth-order valence-electron chi connectivity index (χ4n) is 1.36. The molecule has 0 atom stereocenters. The summed E-state index contributed by atoms with van der Waals surface area (Å²) >= 11 is 0. The molecule has 0 heterocycles. The van der Waals surface area contributed by atoms with E-state index in [4.69, 9.17) is 9.16 Å². The Bertz CT molecular complexity index is 288. The predicted molar refractivity (Wildman–Crippen MR) is 72.3 cm³/mol. The molecule has 0 spiro atoms. The van der Waals surface area contributed by atoms with Gasteiger partial charge in [-0.15, -0.1) is 6.58 Å². The first kappa shape index (κ1) is 14.2. The summed E-state index contributed by atoms with van der Waals surface area (Å²) in [7, 11) is 0.548. The maximum Gasteiger partial charge on any atom is 0.233 e. The fraction of sp³-hybridized carbons (Fsp3) is 0.429. The van der Waals surface area contributed by atoms with E-state index in [1.807, 2.05) is 12.1 Å². The van der Waals surface area contributed by atoms with Crippen LogP contribution in [0.15, 0.2) is 43.0 Å². The lowest BCUT2D eigenvalue weighted by molar-refractivity contribution is 0.123. The van der Waals surface area contributed by atoms with Crippen LogP contribution in [-0.4, -0.2) is 29.6 Å². The highest BCUT2D eigenvalue weighted by Crippen LogP contribution is 1.99. The monoisotopic (exact) mass is 248 g/mol. The molecule has 2 radical (unpaired) electrons. The van der Waals surface area contributed by atoms with E-state index in [9.17, 15) is 0 Å². The second kappa shape index (κ2) is 10.3. The van der Waals surface area contributed by atoms with Crippen molar-refractivity contribution in [3.8, 4) is 0 Å². The molecule has 17 heavy (non-hydrogen) atoms. The van der Waals surface area contributed by atoms with Gasteiger partial charge in [0.05, 0.1) is 6.61 Å². The molecular weight excluding hydrogens is 228 g/mol. The number of allylic oxidation sites excluding steroid dienone is 1. The van der Waals surface area contributed by atoms with E-state index in [2.05, 4.69) is 30.8 Å². The van der Waals surface area contributed by atoms with Crippen LogP contribution in [0.25, 0.3) is 0 Å². The Balaban J connectivity index is 1.86. The van der Waals surface area contributed by atoms with Crippen molar-refractivity contribution < 1.29 is 9.16 Å². The molecule has 92 valence electrons. The van der Waals surface area contributed by atoms with E-state index in [-0.39, 0.29) is 0 Å². The van der Waals surface area contributed by atoms with Crippen molar-refractivity contribution in [1.29, 1.82) is 0 Å². The normalized spacial score (nSPS) is 10.4. The topological polar surface area (TPSA) is 18.5 Å². The third kappa shape index (κ3) is 7.91. The van der Waals surface area contributed by atoms with Crippen molar-refractivity contribution in [2.45, 2.75) is 18.9 Å². The largest absolute Gasteiger partial charge is 0.417 e. The van der Waals surface area contributed by atoms with Gasteiger partial charge in [0.1, 0.15) is 0 Å². The summed E-state index contributed by atoms with van der Waals surface area (Å²) in [6, 6.07) is 11.4. The lowest BCUT2D eigenvalue weighted by Gasteiger charge is -2.04. The van der Waals surface area contributed by atoms with Gasteiger partial charge in [-0.25, -0.2) is 0 Å². The number of hydrogen-bond donors (Lipinski definition) is 0. The molecule has 0 amide bonds. The second-order valence-corrected chi connectivity index (χ2v) is 4.67. The van der Waals surface area contributed by atoms with Gasteiger partial charge in [-0.2, -0.15) is 0 Å². The Morgan fingerprint density at radius 1 is 1.12 bits per heavy atom. The smallest absolute Gasteiger partial charge is 0.233 e. The zero-order valence-electron chi connectivity index (χ0n) is 10.2. The van der Waals surface area contributed by atoms with Gasteiger partial charge in [0.2, 0.25) is 9.76 Å². The molecule has 0 bridgehead atoms. The van der Waals surface area contributed by atoms with Crippen LogP contribution in [0.5, 0.6) is 0 Å². The number of ether oxygens (including phenoxy) is 1. The minimum atomic E-state index is 0.548. The highest BCUT2D eigenvalue weighted by Gasteiger charge is 1.93. The summed E-state index contributed by atoms with van der Waals surface area (Å²) in [6.45, 7) is 6.01. The van der Waals surface area contributed by atoms with E-state index < -0.39 is 0 Å². The van der Waals surface area contributed by atoms with Gasteiger partial charge in [-0.3, -0.25) is 0 Å². The number of rotatable bonds is 10. The maximum absolute atomic E-state index is 5.55. The summed E-state index contributed by atoms with van der Waals surface area (Å²) in [5.41, 5.74) is 1.33. The third-order valence-corrected chi connectivity index (χ3v) is 3.11. The standard InChI is InChI=1S/C14H20O2Si/c1-2-13-17-16-11-6-10-15-12-9-14-7-4-3-5-8-14/h2-5,7-8H,1,6,9-13H2. The summed E-state index contributed by atoms with van der Waals surface area (Å²) in [5.74, 6) is 0. The van der Waals surface area contributed by atoms with E-state index in [1.165, 1.54) is 5.56 Å². The second-order valence-electron chi connectivity index (χ2n) is 3.69. The van der Waals surface area contributed by atoms with Crippen molar-refractivity contribution in [3.05, 3.63) is 48.6 Å². The zero-order chi connectivity index (χ0) is 12.2. The summed E-state index contributed by atoms with van der Waals surface area (Å²) in [6.07, 6.45) is 3.84. The molecule has 0 unspecified atom stereocenters. The first-order valence-electron chi connectivity index (χ1n) is 6.00. The van der Waals surface area contributed by atoms with Crippen molar-refractivity contribution in [3.63, 3.8) is 0 Å². The van der Waals surface area contributed by atoms with Gasteiger partial charge in [-0.1, -0.05) is 36.4 Å². The van der Waals surface area contributed by atoms with Crippen LogP contribution in [0.2, 0.25) is 6.04 Å². The van der Waals surface area contributed by atoms with Crippen LogP contribution in [0, 0.1) is 0 Å². The lowest BCUT2D eigenvalue weighted by atomic mass is 10.2. The zero-order valence-corrected chi connectivity index (χ0v) is 11.2. The summed E-state index contributed by atoms with van der Waals surface area (Å²) < 4.78 is 11.0. The van der Waals surface area contributed by atoms with Gasteiger partial charge in [-0.05, 0) is 24.4 Å². The molecule has 0 saturated carbocycles. The van der Waals surface area contributed by atoms with Gasteiger partial charge in [0, 0.05) is 13.2 Å². The van der Waals surface area contributed by atoms with E-state index in [1.54, 1.807) is 0 Å². The molecule has 1 rings (SSSR count). The average Bonchev–Trinajstić information content (AvgIpc) is 2.38. The quantitative estimate of drug-likeness (QED) is 0.360. The van der Waals surface area contributed by atoms with Gasteiger partial charge >= 0.3 is 0 Å². The van der Waals surface area contributed by atoms with Crippen LogP contribution >= 0.6 is 0 Å². The van der Waals surface area contributed by atoms with Gasteiger partial charge in [0.25, 0.3) is 0 Å². The highest BCUT2D eigenvalue weighted by atomic mass is 28.2. The summed E-state index contributed by atoms with van der Waals surface area (Å²) in [4.78, 5) is 0. The Labute approximate surface area is 107 Å². The molecule has 0 N–H and O–H groups in total. The highest BCUT2D eigenvalue weighted by molar-refractivity contribution is 6.27. The summed E-state index contributed by atoms with van der Waals surface area (Å²) in [5, 5.41) is 0. The predicted octanol–water partition coefficient (Wildman–Crippen LogP) is 2.88. The molecule has 2 nitrogen and oxygen atoms in total. The molecule has 0 aliphatic heterocycles. The molecule has 0 aliphatic carbocycles. The van der Waals surface area contributed by atoms with Gasteiger partial charge in [0.15, 0.2) is 0 Å². The van der Waals surface area contributed by atoms with Crippen molar-refractivity contribution >= 4 is 9.76 Å². The van der Waals surface area contributed by atoms with E-state index in [0.29, 0.717) is 9.76 Å². The molecule has 0 aromatic heterocycles. The first-order valence-corrected chi connectivity index (χ1v) is 7.12. The van der Waals surface area contributed by atoms with Crippen molar-refractivity contribution in [2.75, 3.05) is 19.8 Å². The molecule has 0 saturated heterocycles. The number of hydrogen-bond acceptors (Lipinski definition) is 2. The molecule has 1 aromatic carbocycles. The molecular formula is C14H20O2Si. The fourth-order valence-corrected chi connectivity index (χ4v) is 1.88. The van der Waals surface area contributed by atoms with E-state index in [0.717, 1.165) is 38.7 Å². The Morgan fingerprint density at radius 3 is 2.71 bits per heavy atom. The molecule has 1 aromatic rings. The van der Waals surface area contributed by atoms with E-state index >= 15 is 0 Å². The number of benzene rings is 1. The van der Waals surface area contributed by atoms with Crippen LogP contribution in [0.3, 0.4) is 0 Å². The first-order chi connectivity index (χ1) is 8.43. The van der Waals surface area contributed by atoms with Crippen LogP contribution in [0.4, 0.5) is 0 Å². The van der Waals surface area contributed by atoms with Crippen molar-refractivity contribution in [2.24, 2.45) is 0 Å². The van der Waals surface area contributed by atoms with Crippen LogP contribution in [0.1, 0.15) is 12.0 Å². The van der Waals surface area contributed by atoms with Crippen molar-refractivity contribution in [1.82, 2.24) is 0 Å². The van der Waals surface area contributed by atoms with Crippen LogP contribution < -0.4 is 0 Å². The lowest BCUT2D eigenvalue weighted by Crippen LogP contribution is -2.05. The minimum Gasteiger partial charge on any atom is -0.417 e. The molecule has 0 aliphatic rings. The average molecular weight is 248 g/mol. The molecule has 3 heteroatoms. The SMILES string of the molecule is C=CC[Si]OCCCOCCc1ccccc1. The maximum atomic E-state index is 5.55. The molecule has 0 fully saturated rings. The third-order valence-electron chi connectivity index (χ3n) is 2.24. The Kier molecular flexibility index (Phi) is 8.55. The van der Waals surface area contributed by atoms with Gasteiger partial charge < -0.3 is 9.16 Å². The Morgan fingerprint density at radius 2 is 1.94 bits per heavy atom. The minimum absolute atomic E-state index is 0.548.